The van der Waals surface area contributed by atoms with Gasteiger partial charge in [0.1, 0.15) is 0 Å². The molecule has 2 unspecified atom stereocenters. The van der Waals surface area contributed by atoms with Gasteiger partial charge < -0.3 is 9.47 Å². The zero-order valence-corrected chi connectivity index (χ0v) is 8.75. The molecule has 1 saturated carbocycles. The van der Waals surface area contributed by atoms with Crippen LogP contribution in [0.25, 0.3) is 0 Å². The number of esters is 1. The second-order valence-corrected chi connectivity index (χ2v) is 4.31. The molecule has 0 bridgehead atoms. The Morgan fingerprint density at radius 3 is 3.00 bits per heavy atom. The van der Waals surface area contributed by atoms with E-state index in [1.807, 2.05) is 6.92 Å². The first kappa shape index (κ1) is 9.97. The van der Waals surface area contributed by atoms with Crippen molar-refractivity contribution in [3.05, 3.63) is 0 Å². The number of epoxide rings is 1. The minimum absolute atomic E-state index is 0.0609. The lowest BCUT2D eigenvalue weighted by Gasteiger charge is -2.27. The number of hydrogen-bond donors (Lipinski definition) is 0. The van der Waals surface area contributed by atoms with E-state index in [0.717, 1.165) is 19.4 Å². The topological polar surface area (TPSA) is 38.8 Å². The van der Waals surface area contributed by atoms with E-state index in [9.17, 15) is 4.79 Å². The molecule has 1 spiro atoms. The Hall–Kier alpha value is -0.570. The van der Waals surface area contributed by atoms with Crippen molar-refractivity contribution < 1.29 is 14.3 Å². The second kappa shape index (κ2) is 3.89. The average Bonchev–Trinajstić information content (AvgIpc) is 2.91. The molecule has 2 aliphatic rings. The molecule has 3 heteroatoms. The smallest absolute Gasteiger partial charge is 0.306 e. The fourth-order valence-corrected chi connectivity index (χ4v) is 2.46. The first-order chi connectivity index (χ1) is 6.77. The van der Waals surface area contributed by atoms with Crippen molar-refractivity contribution in [1.82, 2.24) is 0 Å². The summed E-state index contributed by atoms with van der Waals surface area (Å²) >= 11 is 0. The summed E-state index contributed by atoms with van der Waals surface area (Å²) < 4.78 is 10.5. The largest absolute Gasteiger partial charge is 0.466 e. The van der Waals surface area contributed by atoms with E-state index in [4.69, 9.17) is 9.47 Å². The molecule has 1 aliphatic heterocycles. The van der Waals surface area contributed by atoms with Crippen molar-refractivity contribution >= 4 is 5.97 Å². The zero-order valence-electron chi connectivity index (χ0n) is 8.75. The molecule has 0 N–H and O–H groups in total. The van der Waals surface area contributed by atoms with Gasteiger partial charge in [-0.05, 0) is 19.8 Å². The highest BCUT2D eigenvalue weighted by Crippen LogP contribution is 2.47. The Labute approximate surface area is 84.8 Å². The molecule has 14 heavy (non-hydrogen) atoms. The van der Waals surface area contributed by atoms with E-state index in [0.29, 0.717) is 18.9 Å². The normalized spacial score (nSPS) is 35.6. The Morgan fingerprint density at radius 1 is 1.57 bits per heavy atom. The van der Waals surface area contributed by atoms with Gasteiger partial charge in [0.05, 0.1) is 25.2 Å². The summed E-state index contributed by atoms with van der Waals surface area (Å²) in [5.74, 6) is 0.351. The third-order valence-corrected chi connectivity index (χ3v) is 3.38. The highest BCUT2D eigenvalue weighted by Gasteiger charge is 2.52. The summed E-state index contributed by atoms with van der Waals surface area (Å²) in [6, 6.07) is 0. The molecule has 1 aliphatic carbocycles. The van der Waals surface area contributed by atoms with Gasteiger partial charge in [-0.1, -0.05) is 12.8 Å². The van der Waals surface area contributed by atoms with Gasteiger partial charge in [-0.2, -0.15) is 0 Å². The van der Waals surface area contributed by atoms with Crippen LogP contribution in [-0.2, 0) is 14.3 Å². The zero-order chi connectivity index (χ0) is 10.0. The molecule has 3 nitrogen and oxygen atoms in total. The fourth-order valence-electron chi connectivity index (χ4n) is 2.46. The van der Waals surface area contributed by atoms with Crippen molar-refractivity contribution in [2.75, 3.05) is 13.2 Å². The van der Waals surface area contributed by atoms with E-state index >= 15 is 0 Å². The Morgan fingerprint density at radius 2 is 2.36 bits per heavy atom. The van der Waals surface area contributed by atoms with Gasteiger partial charge in [0.25, 0.3) is 0 Å². The minimum Gasteiger partial charge on any atom is -0.466 e. The SMILES string of the molecule is CCOC(=O)CC1CCCCC12CO2. The number of ether oxygens (including phenoxy) is 2. The van der Waals surface area contributed by atoms with Gasteiger partial charge in [-0.3, -0.25) is 4.79 Å². The molecule has 2 rings (SSSR count). The van der Waals surface area contributed by atoms with Gasteiger partial charge >= 0.3 is 5.97 Å². The van der Waals surface area contributed by atoms with Crippen LogP contribution in [0.5, 0.6) is 0 Å². The summed E-state index contributed by atoms with van der Waals surface area (Å²) in [5, 5.41) is 0. The van der Waals surface area contributed by atoms with Gasteiger partial charge in [0, 0.05) is 5.92 Å². The third kappa shape index (κ3) is 1.92. The molecule has 0 aromatic rings. The fraction of sp³-hybridized carbons (Fsp3) is 0.909. The van der Waals surface area contributed by atoms with Crippen molar-refractivity contribution in [2.45, 2.75) is 44.6 Å². The van der Waals surface area contributed by atoms with Gasteiger partial charge in [0.15, 0.2) is 0 Å². The average molecular weight is 198 g/mol. The standard InChI is InChI=1S/C11H18O3/c1-2-13-10(12)7-9-5-3-4-6-11(9)8-14-11/h9H,2-8H2,1H3. The summed E-state index contributed by atoms with van der Waals surface area (Å²) in [5.41, 5.74) is 0.0744. The number of hydrogen-bond acceptors (Lipinski definition) is 3. The number of carbonyl (C=O) groups is 1. The molecule has 1 saturated heterocycles. The van der Waals surface area contributed by atoms with Crippen LogP contribution in [-0.4, -0.2) is 24.8 Å². The molecule has 0 radical (unpaired) electrons. The summed E-state index contributed by atoms with van der Waals surface area (Å²) in [4.78, 5) is 11.3. The Kier molecular flexibility index (Phi) is 2.77. The monoisotopic (exact) mass is 198 g/mol. The van der Waals surface area contributed by atoms with Crippen molar-refractivity contribution in [1.29, 1.82) is 0 Å². The van der Waals surface area contributed by atoms with Gasteiger partial charge in [0.2, 0.25) is 0 Å². The molecule has 0 amide bonds. The molecule has 2 fully saturated rings. The molecule has 2 atom stereocenters. The number of carbonyl (C=O) groups excluding carboxylic acids is 1. The van der Waals surface area contributed by atoms with E-state index < -0.39 is 0 Å². The number of rotatable bonds is 3. The van der Waals surface area contributed by atoms with Crippen LogP contribution in [0.1, 0.15) is 39.0 Å². The maximum Gasteiger partial charge on any atom is 0.306 e. The highest BCUT2D eigenvalue weighted by molar-refractivity contribution is 5.69. The van der Waals surface area contributed by atoms with E-state index in [1.54, 1.807) is 0 Å². The quantitative estimate of drug-likeness (QED) is 0.513. The molecular weight excluding hydrogens is 180 g/mol. The first-order valence-corrected chi connectivity index (χ1v) is 5.56. The van der Waals surface area contributed by atoms with Gasteiger partial charge in [-0.25, -0.2) is 0 Å². The molecular formula is C11H18O3. The van der Waals surface area contributed by atoms with Crippen molar-refractivity contribution in [3.63, 3.8) is 0 Å². The Balaban J connectivity index is 1.86. The van der Waals surface area contributed by atoms with Crippen LogP contribution in [0.15, 0.2) is 0 Å². The van der Waals surface area contributed by atoms with Crippen molar-refractivity contribution in [3.8, 4) is 0 Å². The summed E-state index contributed by atoms with van der Waals surface area (Å²) in [6.07, 6.45) is 5.29. The van der Waals surface area contributed by atoms with E-state index in [-0.39, 0.29) is 11.6 Å². The van der Waals surface area contributed by atoms with Crippen molar-refractivity contribution in [2.24, 2.45) is 5.92 Å². The molecule has 0 aromatic heterocycles. The molecule has 80 valence electrons. The minimum atomic E-state index is -0.0609. The van der Waals surface area contributed by atoms with Crippen LogP contribution in [0.3, 0.4) is 0 Å². The maximum absolute atomic E-state index is 11.3. The first-order valence-electron chi connectivity index (χ1n) is 5.56. The van der Waals surface area contributed by atoms with Crippen LogP contribution < -0.4 is 0 Å². The maximum atomic E-state index is 11.3. The van der Waals surface area contributed by atoms with E-state index in [2.05, 4.69) is 0 Å². The van der Waals surface area contributed by atoms with Crippen LogP contribution in [0.4, 0.5) is 0 Å². The molecule has 0 aromatic carbocycles. The van der Waals surface area contributed by atoms with Gasteiger partial charge in [-0.15, -0.1) is 0 Å². The Bertz CT molecular complexity index is 221. The highest BCUT2D eigenvalue weighted by atomic mass is 16.6. The summed E-state index contributed by atoms with van der Waals surface area (Å²) in [7, 11) is 0. The van der Waals surface area contributed by atoms with E-state index in [1.165, 1.54) is 12.8 Å². The van der Waals surface area contributed by atoms with Crippen LogP contribution >= 0.6 is 0 Å². The summed E-state index contributed by atoms with van der Waals surface area (Å²) in [6.45, 7) is 3.19. The predicted molar refractivity (Wildman–Crippen MR) is 51.9 cm³/mol. The third-order valence-electron chi connectivity index (χ3n) is 3.38. The second-order valence-electron chi connectivity index (χ2n) is 4.31. The van der Waals surface area contributed by atoms with Crippen LogP contribution in [0, 0.1) is 5.92 Å². The lowest BCUT2D eigenvalue weighted by molar-refractivity contribution is -0.145. The lowest BCUT2D eigenvalue weighted by atomic mass is 9.77. The predicted octanol–water partition coefficient (Wildman–Crippen LogP) is 1.90. The van der Waals surface area contributed by atoms with Crippen LogP contribution in [0.2, 0.25) is 0 Å². The lowest BCUT2D eigenvalue weighted by Crippen LogP contribution is -2.30. The molecule has 1 heterocycles.